The molecule has 6 heteroatoms. The molecule has 2 unspecified atom stereocenters. The van der Waals surface area contributed by atoms with Gasteiger partial charge in [0.2, 0.25) is 0 Å². The lowest BCUT2D eigenvalue weighted by molar-refractivity contribution is 0.00578. The first kappa shape index (κ1) is 14.5. The lowest BCUT2D eigenvalue weighted by Crippen LogP contribution is -2.67. The van der Waals surface area contributed by atoms with E-state index >= 15 is 0 Å². The summed E-state index contributed by atoms with van der Waals surface area (Å²) in [4.78, 5) is 7.00. The van der Waals surface area contributed by atoms with Crippen LogP contribution in [0, 0.1) is 0 Å². The van der Waals surface area contributed by atoms with Crippen molar-refractivity contribution in [3.8, 4) is 0 Å². The van der Waals surface area contributed by atoms with Crippen LogP contribution in [0.25, 0.3) is 0 Å². The van der Waals surface area contributed by atoms with Gasteiger partial charge < -0.3 is 19.5 Å². The van der Waals surface area contributed by atoms with Crippen LogP contribution in [0.5, 0.6) is 0 Å². The van der Waals surface area contributed by atoms with Gasteiger partial charge in [0, 0.05) is 36.8 Å². The minimum absolute atomic E-state index is 0.309. The van der Waals surface area contributed by atoms with Crippen molar-refractivity contribution < 1.29 is 9.31 Å². The molecule has 4 aliphatic heterocycles. The van der Waals surface area contributed by atoms with Gasteiger partial charge in [-0.3, -0.25) is 0 Å². The van der Waals surface area contributed by atoms with E-state index in [-0.39, 0.29) is 18.3 Å². The second kappa shape index (κ2) is 4.70. The van der Waals surface area contributed by atoms with Crippen LogP contribution in [0.1, 0.15) is 34.1 Å². The summed E-state index contributed by atoms with van der Waals surface area (Å²) >= 11 is 0. The highest BCUT2D eigenvalue weighted by molar-refractivity contribution is 6.62. The van der Waals surface area contributed by atoms with Crippen molar-refractivity contribution in [2.45, 2.75) is 57.4 Å². The second-order valence-electron chi connectivity index (χ2n) is 7.74. The summed E-state index contributed by atoms with van der Waals surface area (Å²) in [6.07, 6.45) is 3.20. The van der Waals surface area contributed by atoms with Gasteiger partial charge in [0.15, 0.2) is 0 Å². The molecule has 5 heterocycles. The molecule has 2 bridgehead atoms. The van der Waals surface area contributed by atoms with Crippen molar-refractivity contribution in [2.24, 2.45) is 0 Å². The van der Waals surface area contributed by atoms with Gasteiger partial charge in [-0.15, -0.1) is 0 Å². The molecule has 1 aromatic rings. The second-order valence-corrected chi connectivity index (χ2v) is 7.74. The maximum atomic E-state index is 6.07. The monoisotopic (exact) mass is 301 g/mol. The van der Waals surface area contributed by atoms with Crippen LogP contribution in [0.3, 0.4) is 0 Å². The molecule has 0 amide bonds. The summed E-state index contributed by atoms with van der Waals surface area (Å²) in [5, 5.41) is 3.54. The van der Waals surface area contributed by atoms with Gasteiger partial charge in [-0.1, -0.05) is 6.07 Å². The third-order valence-corrected chi connectivity index (χ3v) is 5.54. The summed E-state index contributed by atoms with van der Waals surface area (Å²) in [6.45, 7) is 10.4. The van der Waals surface area contributed by atoms with Crippen LogP contribution >= 0.6 is 0 Å². The zero-order chi connectivity index (χ0) is 15.5. The van der Waals surface area contributed by atoms with Crippen LogP contribution in [0.2, 0.25) is 0 Å². The molecule has 0 aliphatic carbocycles. The minimum Gasteiger partial charge on any atom is -0.399 e. The molecule has 0 radical (unpaired) electrons. The predicted octanol–water partition coefficient (Wildman–Crippen LogP) is 0.931. The zero-order valence-electron chi connectivity index (χ0n) is 13.8. The predicted molar refractivity (Wildman–Crippen MR) is 87.5 cm³/mol. The van der Waals surface area contributed by atoms with Crippen LogP contribution in [0.4, 0.5) is 5.82 Å². The van der Waals surface area contributed by atoms with Crippen LogP contribution in [-0.4, -0.2) is 48.5 Å². The minimum atomic E-state index is -0.331. The van der Waals surface area contributed by atoms with Crippen LogP contribution in [0.15, 0.2) is 18.3 Å². The zero-order valence-corrected chi connectivity index (χ0v) is 13.8. The van der Waals surface area contributed by atoms with Gasteiger partial charge in [-0.05, 0) is 40.2 Å². The summed E-state index contributed by atoms with van der Waals surface area (Å²) < 4.78 is 12.1. The molecule has 4 aliphatic rings. The Kier molecular flexibility index (Phi) is 3.09. The number of piperidine rings is 1. The maximum absolute atomic E-state index is 6.07. The normalized spacial score (nSPS) is 32.0. The number of nitrogens with one attached hydrogen (secondary N) is 1. The fraction of sp³-hybridized carbons (Fsp3) is 0.688. The smallest absolute Gasteiger partial charge is 0.399 e. The highest BCUT2D eigenvalue weighted by Crippen LogP contribution is 2.36. The average molecular weight is 301 g/mol. The number of aromatic nitrogens is 1. The molecule has 2 atom stereocenters. The van der Waals surface area contributed by atoms with Crippen LogP contribution in [-0.2, 0) is 9.31 Å². The number of piperazine rings is 1. The molecular formula is C16H24BN3O2. The average Bonchev–Trinajstić information content (AvgIpc) is 2.67. The number of rotatable bonds is 2. The van der Waals surface area contributed by atoms with Gasteiger partial charge in [0.05, 0.1) is 11.2 Å². The van der Waals surface area contributed by atoms with E-state index in [1.54, 1.807) is 0 Å². The molecular weight excluding hydrogens is 277 g/mol. The van der Waals surface area contributed by atoms with Crippen molar-refractivity contribution in [1.29, 1.82) is 0 Å². The molecule has 22 heavy (non-hydrogen) atoms. The number of hydrogen-bond acceptors (Lipinski definition) is 5. The van der Waals surface area contributed by atoms with Gasteiger partial charge in [-0.25, -0.2) is 4.98 Å². The fourth-order valence-corrected chi connectivity index (χ4v) is 3.40. The van der Waals surface area contributed by atoms with Crippen molar-refractivity contribution in [2.75, 3.05) is 18.0 Å². The quantitative estimate of drug-likeness (QED) is 0.824. The van der Waals surface area contributed by atoms with Crippen LogP contribution < -0.4 is 15.7 Å². The van der Waals surface area contributed by atoms with Crippen molar-refractivity contribution in [3.63, 3.8) is 0 Å². The molecule has 4 fully saturated rings. The number of pyridine rings is 1. The number of fused-ring (bicyclic) bond motifs is 2. The molecule has 1 aromatic heterocycles. The Bertz CT molecular complexity index is 543. The van der Waals surface area contributed by atoms with Gasteiger partial charge in [-0.2, -0.15) is 0 Å². The third kappa shape index (κ3) is 2.25. The Labute approximate surface area is 132 Å². The summed E-state index contributed by atoms with van der Waals surface area (Å²) in [7, 11) is -0.331. The Balaban J connectivity index is 1.48. The molecule has 0 saturated carbocycles. The summed E-state index contributed by atoms with van der Waals surface area (Å²) in [5.74, 6) is 1.05. The third-order valence-electron chi connectivity index (χ3n) is 5.54. The summed E-state index contributed by atoms with van der Waals surface area (Å²) in [6, 6.07) is 5.45. The lowest BCUT2D eigenvalue weighted by Gasteiger charge is -2.48. The Morgan fingerprint density at radius 2 is 1.73 bits per heavy atom. The number of hydrogen-bond donors (Lipinski definition) is 1. The van der Waals surface area contributed by atoms with E-state index in [0.717, 1.165) is 24.4 Å². The molecule has 5 rings (SSSR count). The Morgan fingerprint density at radius 1 is 1.14 bits per heavy atom. The van der Waals surface area contributed by atoms with E-state index in [0.29, 0.717) is 12.1 Å². The Hall–Kier alpha value is -1.11. The number of anilines is 1. The molecule has 0 aromatic carbocycles. The highest BCUT2D eigenvalue weighted by atomic mass is 16.7. The molecule has 118 valence electrons. The molecule has 0 spiro atoms. The van der Waals surface area contributed by atoms with E-state index in [2.05, 4.69) is 55.0 Å². The number of nitrogens with zero attached hydrogens (tertiary/aromatic N) is 2. The molecule has 5 nitrogen and oxygen atoms in total. The SMILES string of the molecule is CC1(C)OB(c2ccc(N3CC4CC(C3)N4)nc2)OC1(C)C. The Morgan fingerprint density at radius 3 is 2.23 bits per heavy atom. The maximum Gasteiger partial charge on any atom is 0.496 e. The largest absolute Gasteiger partial charge is 0.496 e. The first-order chi connectivity index (χ1) is 10.3. The lowest BCUT2D eigenvalue weighted by atomic mass is 9.80. The van der Waals surface area contributed by atoms with Crippen molar-refractivity contribution in [3.05, 3.63) is 18.3 Å². The topological polar surface area (TPSA) is 46.6 Å². The first-order valence-corrected chi connectivity index (χ1v) is 8.17. The van der Waals surface area contributed by atoms with E-state index in [4.69, 9.17) is 9.31 Å². The summed E-state index contributed by atoms with van der Waals surface area (Å²) in [5.41, 5.74) is 0.370. The molecule has 1 N–H and O–H groups in total. The van der Waals surface area contributed by atoms with Gasteiger partial charge in [0.25, 0.3) is 0 Å². The van der Waals surface area contributed by atoms with Gasteiger partial charge >= 0.3 is 7.12 Å². The van der Waals surface area contributed by atoms with Crippen molar-refractivity contribution in [1.82, 2.24) is 10.3 Å². The standard InChI is InChI=1S/C16H24BN3O2/c1-15(2)16(3,4)22-17(21-15)11-5-6-14(18-8-11)20-9-12-7-13(10-20)19-12/h5-6,8,12-13,19H,7,9-10H2,1-4H3. The first-order valence-electron chi connectivity index (χ1n) is 8.17. The molecule has 4 saturated heterocycles. The van der Waals surface area contributed by atoms with E-state index in [1.807, 2.05) is 6.20 Å². The van der Waals surface area contributed by atoms with Gasteiger partial charge in [0.1, 0.15) is 5.82 Å². The van der Waals surface area contributed by atoms with E-state index in [9.17, 15) is 0 Å². The van der Waals surface area contributed by atoms with E-state index in [1.165, 1.54) is 6.42 Å². The highest BCUT2D eigenvalue weighted by Gasteiger charge is 2.51. The fourth-order valence-electron chi connectivity index (χ4n) is 3.40. The van der Waals surface area contributed by atoms with E-state index < -0.39 is 0 Å². The van der Waals surface area contributed by atoms with Crippen molar-refractivity contribution >= 4 is 18.4 Å².